The molecule has 2 saturated carbocycles. The lowest BCUT2D eigenvalue weighted by atomic mass is 9.68. The van der Waals surface area contributed by atoms with Crippen LogP contribution in [0.15, 0.2) is 0 Å². The number of hydrogen-bond donors (Lipinski definition) is 0. The summed E-state index contributed by atoms with van der Waals surface area (Å²) >= 11 is 0. The number of fused-ring (bicyclic) bond motifs is 1. The molecular weight excluding hydrogens is 252 g/mol. The van der Waals surface area contributed by atoms with E-state index in [1.54, 1.807) is 0 Å². The molecule has 0 aromatic rings. The van der Waals surface area contributed by atoms with Crippen LogP contribution in [0.3, 0.4) is 0 Å². The highest BCUT2D eigenvalue weighted by atomic mass is 28.4. The SMILES string of the molecule is CC[Si](CC)(CC)OC1CCC[C@]2(C)C(=O)CC[C@@H]12. The van der Waals surface area contributed by atoms with Crippen LogP contribution in [-0.2, 0) is 9.22 Å². The molecule has 2 nitrogen and oxygen atoms in total. The van der Waals surface area contributed by atoms with Crippen LogP contribution in [-0.4, -0.2) is 20.2 Å². The van der Waals surface area contributed by atoms with Gasteiger partial charge in [0.2, 0.25) is 0 Å². The molecule has 0 aromatic carbocycles. The molecule has 19 heavy (non-hydrogen) atoms. The average molecular weight is 282 g/mol. The normalized spacial score (nSPS) is 35.5. The van der Waals surface area contributed by atoms with Crippen LogP contribution in [0, 0.1) is 11.3 Å². The Bertz CT molecular complexity index is 329. The fraction of sp³-hybridized carbons (Fsp3) is 0.938. The molecule has 0 aromatic heterocycles. The van der Waals surface area contributed by atoms with Gasteiger partial charge in [0, 0.05) is 17.9 Å². The summed E-state index contributed by atoms with van der Waals surface area (Å²) in [5, 5.41) is 0. The monoisotopic (exact) mass is 282 g/mol. The number of carbonyl (C=O) groups is 1. The smallest absolute Gasteiger partial charge is 0.192 e. The van der Waals surface area contributed by atoms with Gasteiger partial charge in [0.05, 0.1) is 0 Å². The van der Waals surface area contributed by atoms with E-state index >= 15 is 0 Å². The quantitative estimate of drug-likeness (QED) is 0.692. The lowest BCUT2D eigenvalue weighted by Crippen LogP contribution is -2.48. The summed E-state index contributed by atoms with van der Waals surface area (Å²) in [6.07, 6.45) is 5.68. The molecule has 0 N–H and O–H groups in total. The lowest BCUT2D eigenvalue weighted by Gasteiger charge is -2.44. The van der Waals surface area contributed by atoms with Crippen LogP contribution in [0.5, 0.6) is 0 Å². The van der Waals surface area contributed by atoms with Crippen molar-refractivity contribution < 1.29 is 9.22 Å². The molecule has 0 spiro atoms. The third kappa shape index (κ3) is 2.56. The zero-order chi connectivity index (χ0) is 14.1. The van der Waals surface area contributed by atoms with Crippen LogP contribution in [0.1, 0.15) is 59.8 Å². The first-order chi connectivity index (χ1) is 9.01. The van der Waals surface area contributed by atoms with E-state index in [1.807, 2.05) is 0 Å². The first-order valence-corrected chi connectivity index (χ1v) is 10.8. The summed E-state index contributed by atoms with van der Waals surface area (Å²) in [6, 6.07) is 3.65. The minimum atomic E-state index is -1.53. The maximum absolute atomic E-state index is 12.2. The fourth-order valence-corrected chi connectivity index (χ4v) is 7.28. The molecule has 0 saturated heterocycles. The van der Waals surface area contributed by atoms with Gasteiger partial charge >= 0.3 is 0 Å². The molecule has 0 amide bonds. The van der Waals surface area contributed by atoms with Gasteiger partial charge in [-0.2, -0.15) is 0 Å². The number of ketones is 1. The highest BCUT2D eigenvalue weighted by Gasteiger charge is 2.52. The summed E-state index contributed by atoms with van der Waals surface area (Å²) < 4.78 is 6.74. The third-order valence-corrected chi connectivity index (χ3v) is 10.8. The van der Waals surface area contributed by atoms with Crippen LogP contribution in [0.2, 0.25) is 18.1 Å². The highest BCUT2D eigenvalue weighted by Crippen LogP contribution is 2.51. The fourth-order valence-electron chi connectivity index (χ4n) is 4.35. The van der Waals surface area contributed by atoms with Crippen molar-refractivity contribution in [2.75, 3.05) is 0 Å². The molecule has 0 heterocycles. The molecule has 2 rings (SSSR count). The summed E-state index contributed by atoms with van der Waals surface area (Å²) in [4.78, 5) is 12.2. The molecule has 0 bridgehead atoms. The Balaban J connectivity index is 2.14. The van der Waals surface area contributed by atoms with Gasteiger partial charge in [-0.1, -0.05) is 27.7 Å². The largest absolute Gasteiger partial charge is 0.414 e. The Morgan fingerprint density at radius 1 is 1.21 bits per heavy atom. The zero-order valence-corrected chi connectivity index (χ0v) is 14.1. The summed E-state index contributed by atoms with van der Waals surface area (Å²) in [6.45, 7) is 9.08. The maximum Gasteiger partial charge on any atom is 0.192 e. The van der Waals surface area contributed by atoms with E-state index in [-0.39, 0.29) is 5.41 Å². The van der Waals surface area contributed by atoms with Crippen molar-refractivity contribution in [2.24, 2.45) is 11.3 Å². The van der Waals surface area contributed by atoms with Gasteiger partial charge in [0.1, 0.15) is 5.78 Å². The van der Waals surface area contributed by atoms with Crippen molar-refractivity contribution in [1.29, 1.82) is 0 Å². The van der Waals surface area contributed by atoms with Gasteiger partial charge < -0.3 is 4.43 Å². The molecule has 1 unspecified atom stereocenters. The van der Waals surface area contributed by atoms with Gasteiger partial charge in [-0.05, 0) is 49.7 Å². The van der Waals surface area contributed by atoms with Crippen LogP contribution in [0.25, 0.3) is 0 Å². The van der Waals surface area contributed by atoms with Gasteiger partial charge in [0.15, 0.2) is 8.32 Å². The molecule has 0 aliphatic heterocycles. The predicted molar refractivity (Wildman–Crippen MR) is 81.8 cm³/mol. The third-order valence-electron chi connectivity index (χ3n) is 6.11. The van der Waals surface area contributed by atoms with Crippen LogP contribution < -0.4 is 0 Å². The van der Waals surface area contributed by atoms with Crippen molar-refractivity contribution in [2.45, 2.75) is 84.0 Å². The number of rotatable bonds is 5. The van der Waals surface area contributed by atoms with E-state index in [2.05, 4.69) is 27.7 Å². The van der Waals surface area contributed by atoms with Gasteiger partial charge in [0.25, 0.3) is 0 Å². The van der Waals surface area contributed by atoms with E-state index in [0.717, 1.165) is 19.3 Å². The second kappa shape index (κ2) is 5.69. The molecule has 110 valence electrons. The topological polar surface area (TPSA) is 26.3 Å². The minimum Gasteiger partial charge on any atom is -0.414 e. The minimum absolute atomic E-state index is 0.0573. The second-order valence-electron chi connectivity index (χ2n) is 6.78. The van der Waals surface area contributed by atoms with Crippen molar-refractivity contribution in [3.8, 4) is 0 Å². The highest BCUT2D eigenvalue weighted by molar-refractivity contribution is 6.73. The lowest BCUT2D eigenvalue weighted by molar-refractivity contribution is -0.130. The predicted octanol–water partition coefficient (Wildman–Crippen LogP) is 4.55. The molecule has 0 radical (unpaired) electrons. The number of carbonyl (C=O) groups excluding carboxylic acids is 1. The molecule has 3 heteroatoms. The van der Waals surface area contributed by atoms with Gasteiger partial charge in [-0.3, -0.25) is 4.79 Å². The standard InChI is InChI=1S/C16H30O2Si/c1-5-19(6-2,7-3)18-14-9-8-12-16(4)13(14)10-11-15(16)17/h13-14H,5-12H2,1-4H3/t13-,14?,16-/m0/s1. The second-order valence-corrected chi connectivity index (χ2v) is 11.5. The van der Waals surface area contributed by atoms with Gasteiger partial charge in [-0.15, -0.1) is 0 Å². The van der Waals surface area contributed by atoms with E-state index in [0.29, 0.717) is 17.8 Å². The summed E-state index contributed by atoms with van der Waals surface area (Å²) in [5.41, 5.74) is -0.0573. The zero-order valence-electron chi connectivity index (χ0n) is 13.1. The maximum atomic E-state index is 12.2. The summed E-state index contributed by atoms with van der Waals surface area (Å²) in [7, 11) is -1.53. The van der Waals surface area contributed by atoms with E-state index in [1.165, 1.54) is 31.0 Å². The molecule has 2 fully saturated rings. The Kier molecular flexibility index (Phi) is 4.56. The molecular formula is C16H30O2Si. The molecule has 2 aliphatic carbocycles. The van der Waals surface area contributed by atoms with Crippen molar-refractivity contribution >= 4 is 14.1 Å². The average Bonchev–Trinajstić information content (AvgIpc) is 2.73. The Hall–Kier alpha value is -0.153. The van der Waals surface area contributed by atoms with Crippen molar-refractivity contribution in [3.63, 3.8) is 0 Å². The van der Waals surface area contributed by atoms with Crippen molar-refractivity contribution in [1.82, 2.24) is 0 Å². The Labute approximate surface area is 119 Å². The first-order valence-electron chi connectivity index (χ1n) is 8.22. The van der Waals surface area contributed by atoms with E-state index in [9.17, 15) is 4.79 Å². The molecule has 3 atom stereocenters. The van der Waals surface area contributed by atoms with Crippen molar-refractivity contribution in [3.05, 3.63) is 0 Å². The van der Waals surface area contributed by atoms with Gasteiger partial charge in [-0.25, -0.2) is 0 Å². The van der Waals surface area contributed by atoms with E-state index in [4.69, 9.17) is 4.43 Å². The molecule has 2 aliphatic rings. The number of hydrogen-bond acceptors (Lipinski definition) is 2. The van der Waals surface area contributed by atoms with Crippen LogP contribution in [0.4, 0.5) is 0 Å². The Morgan fingerprint density at radius 2 is 1.84 bits per heavy atom. The van der Waals surface area contributed by atoms with E-state index < -0.39 is 8.32 Å². The first kappa shape index (κ1) is 15.2. The Morgan fingerprint density at radius 3 is 2.42 bits per heavy atom. The summed E-state index contributed by atoms with van der Waals surface area (Å²) in [5.74, 6) is 1.01. The van der Waals surface area contributed by atoms with Crippen LogP contribution >= 0.6 is 0 Å². The number of Topliss-reactive ketones (excluding diaryl/α,β-unsaturated/α-hetero) is 1.